The van der Waals surface area contributed by atoms with Crippen LogP contribution in [-0.4, -0.2) is 26.5 Å². The minimum absolute atomic E-state index is 0.0315. The molecule has 1 N–H and O–H groups in total. The molecule has 1 saturated heterocycles. The van der Waals surface area contributed by atoms with Gasteiger partial charge in [0.1, 0.15) is 0 Å². The van der Waals surface area contributed by atoms with E-state index in [-0.39, 0.29) is 16.3 Å². The molecule has 20 heavy (non-hydrogen) atoms. The second kappa shape index (κ2) is 5.95. The molecule has 0 radical (unpaired) electrons. The van der Waals surface area contributed by atoms with Crippen molar-refractivity contribution in [1.29, 1.82) is 0 Å². The summed E-state index contributed by atoms with van der Waals surface area (Å²) in [5.74, 6) is -1.95. The lowest BCUT2D eigenvalue weighted by Crippen LogP contribution is -2.39. The normalized spacial score (nSPS) is 23.5. The monoisotopic (exact) mass is 323 g/mol. The van der Waals surface area contributed by atoms with E-state index < -0.39 is 32.8 Å². The highest BCUT2D eigenvalue weighted by Gasteiger charge is 2.36. The average Bonchev–Trinajstić information content (AvgIpc) is 2.37. The maximum atomic E-state index is 13.4. The van der Waals surface area contributed by atoms with Gasteiger partial charge in [0.05, 0.1) is 17.0 Å². The molecular weight excluding hydrogens is 308 g/mol. The number of hydrogen-bond donors (Lipinski definition) is 1. The van der Waals surface area contributed by atoms with Gasteiger partial charge < -0.3 is 5.32 Å². The summed E-state index contributed by atoms with van der Waals surface area (Å²) in [6.45, 7) is 0. The molecule has 1 aliphatic rings. The third-order valence-electron chi connectivity index (χ3n) is 3.69. The van der Waals surface area contributed by atoms with Crippen molar-refractivity contribution in [3.8, 4) is 0 Å². The number of halogens is 3. The zero-order chi connectivity index (χ0) is 14.9. The molecule has 0 aliphatic carbocycles. The van der Waals surface area contributed by atoms with E-state index in [4.69, 9.17) is 11.6 Å². The predicted molar refractivity (Wildman–Crippen MR) is 74.6 cm³/mol. The fraction of sp³-hybridized carbons (Fsp3) is 0.538. The van der Waals surface area contributed by atoms with Crippen molar-refractivity contribution in [1.82, 2.24) is 5.32 Å². The molecule has 0 spiro atoms. The minimum Gasteiger partial charge on any atom is -0.312 e. The van der Waals surface area contributed by atoms with Crippen molar-refractivity contribution in [2.45, 2.75) is 30.6 Å². The molecule has 0 saturated carbocycles. The topological polar surface area (TPSA) is 46.2 Å². The van der Waals surface area contributed by atoms with Crippen LogP contribution in [0.25, 0.3) is 0 Å². The molecule has 3 nitrogen and oxygen atoms in total. The molecule has 1 heterocycles. The molecule has 0 amide bonds. The molecule has 112 valence electrons. The summed E-state index contributed by atoms with van der Waals surface area (Å²) in [6.07, 6.45) is 1.92. The van der Waals surface area contributed by atoms with Gasteiger partial charge >= 0.3 is 0 Å². The van der Waals surface area contributed by atoms with E-state index in [0.29, 0.717) is 12.8 Å². The Labute approximate surface area is 122 Å². The van der Waals surface area contributed by atoms with Crippen LogP contribution in [0.4, 0.5) is 8.78 Å². The first-order valence-electron chi connectivity index (χ1n) is 6.40. The zero-order valence-electron chi connectivity index (χ0n) is 11.0. The van der Waals surface area contributed by atoms with E-state index in [1.807, 2.05) is 0 Å². The van der Waals surface area contributed by atoms with E-state index in [1.54, 1.807) is 7.05 Å². The van der Waals surface area contributed by atoms with Crippen molar-refractivity contribution in [3.63, 3.8) is 0 Å². The van der Waals surface area contributed by atoms with Crippen LogP contribution in [0.5, 0.6) is 0 Å². The number of rotatable bonds is 3. The Bertz CT molecular complexity index is 607. The fourth-order valence-corrected chi connectivity index (χ4v) is 5.07. The summed E-state index contributed by atoms with van der Waals surface area (Å²) < 4.78 is 50.9. The van der Waals surface area contributed by atoms with Crippen molar-refractivity contribution in [2.75, 3.05) is 12.8 Å². The highest BCUT2D eigenvalue weighted by Crippen LogP contribution is 2.34. The van der Waals surface area contributed by atoms with Crippen LogP contribution in [0.2, 0.25) is 5.02 Å². The van der Waals surface area contributed by atoms with Crippen molar-refractivity contribution in [3.05, 3.63) is 34.4 Å². The summed E-state index contributed by atoms with van der Waals surface area (Å²) in [7, 11) is -1.67. The van der Waals surface area contributed by atoms with Gasteiger partial charge in [0, 0.05) is 5.02 Å². The highest BCUT2D eigenvalue weighted by atomic mass is 35.5. The van der Waals surface area contributed by atoms with Gasteiger partial charge in [0.15, 0.2) is 21.5 Å². The number of hydrogen-bond acceptors (Lipinski definition) is 3. The number of nitrogens with one attached hydrogen (secondary N) is 1. The first-order chi connectivity index (χ1) is 9.36. The molecule has 1 aromatic carbocycles. The quantitative estimate of drug-likeness (QED) is 0.870. The Morgan fingerprint density at radius 3 is 2.55 bits per heavy atom. The van der Waals surface area contributed by atoms with Crippen LogP contribution in [-0.2, 0) is 9.84 Å². The first kappa shape index (κ1) is 15.7. The third kappa shape index (κ3) is 2.97. The largest absolute Gasteiger partial charge is 0.312 e. The van der Waals surface area contributed by atoms with Crippen LogP contribution in [0, 0.1) is 11.6 Å². The lowest BCUT2D eigenvalue weighted by atomic mass is 9.99. The third-order valence-corrected chi connectivity index (χ3v) is 6.30. The summed E-state index contributed by atoms with van der Waals surface area (Å²) in [4.78, 5) is 0. The SMILES string of the molecule is CNC(c1cc(F)c(F)cc1Cl)C1CCCCS1(=O)=O. The molecule has 0 aromatic heterocycles. The van der Waals surface area contributed by atoms with Gasteiger partial charge in [0.2, 0.25) is 0 Å². The van der Waals surface area contributed by atoms with Gasteiger partial charge in [-0.15, -0.1) is 0 Å². The van der Waals surface area contributed by atoms with E-state index in [2.05, 4.69) is 5.32 Å². The Morgan fingerprint density at radius 2 is 1.95 bits per heavy atom. The fourth-order valence-electron chi connectivity index (χ4n) is 2.67. The molecule has 2 unspecified atom stereocenters. The lowest BCUT2D eigenvalue weighted by molar-refractivity contribution is 0.462. The lowest BCUT2D eigenvalue weighted by Gasteiger charge is -2.30. The van der Waals surface area contributed by atoms with Crippen molar-refractivity contribution >= 4 is 21.4 Å². The Hall–Kier alpha value is -0.720. The number of benzene rings is 1. The summed E-state index contributed by atoms with van der Waals surface area (Å²) in [5, 5.41) is 2.25. The van der Waals surface area contributed by atoms with Crippen LogP contribution in [0.3, 0.4) is 0 Å². The van der Waals surface area contributed by atoms with Crippen LogP contribution >= 0.6 is 11.6 Å². The van der Waals surface area contributed by atoms with Crippen LogP contribution in [0.15, 0.2) is 12.1 Å². The van der Waals surface area contributed by atoms with Crippen LogP contribution < -0.4 is 5.32 Å². The van der Waals surface area contributed by atoms with Crippen LogP contribution in [0.1, 0.15) is 30.9 Å². The summed E-state index contributed by atoms with van der Waals surface area (Å²) >= 11 is 5.95. The molecule has 1 fully saturated rings. The smallest absolute Gasteiger partial charge is 0.160 e. The molecule has 7 heteroatoms. The van der Waals surface area contributed by atoms with E-state index >= 15 is 0 Å². The molecule has 2 rings (SSSR count). The molecule has 1 aliphatic heterocycles. The van der Waals surface area contributed by atoms with E-state index in [1.165, 1.54) is 0 Å². The standard InChI is InChI=1S/C13H16ClF2NO2S/c1-17-13(12-4-2-3-5-20(12,18)19)8-6-10(15)11(16)7-9(8)14/h6-7,12-13,17H,2-5H2,1H3. The summed E-state index contributed by atoms with van der Waals surface area (Å²) in [6, 6.07) is 1.22. The van der Waals surface area contributed by atoms with Gasteiger partial charge in [-0.2, -0.15) is 0 Å². The second-order valence-corrected chi connectivity index (χ2v) is 7.70. The molecular formula is C13H16ClF2NO2S. The van der Waals surface area contributed by atoms with Gasteiger partial charge in [-0.3, -0.25) is 0 Å². The average molecular weight is 324 g/mol. The first-order valence-corrected chi connectivity index (χ1v) is 8.49. The molecule has 2 atom stereocenters. The van der Waals surface area contributed by atoms with Crippen molar-refractivity contribution < 1.29 is 17.2 Å². The highest BCUT2D eigenvalue weighted by molar-refractivity contribution is 7.92. The van der Waals surface area contributed by atoms with Gasteiger partial charge in [0.25, 0.3) is 0 Å². The van der Waals surface area contributed by atoms with Crippen molar-refractivity contribution in [2.24, 2.45) is 0 Å². The molecule has 0 bridgehead atoms. The van der Waals surface area contributed by atoms with Gasteiger partial charge in [-0.25, -0.2) is 17.2 Å². The predicted octanol–water partition coefficient (Wildman–Crippen LogP) is 2.85. The number of sulfone groups is 1. The maximum absolute atomic E-state index is 13.4. The Morgan fingerprint density at radius 1 is 1.30 bits per heavy atom. The minimum atomic E-state index is -3.26. The molecule has 1 aromatic rings. The van der Waals surface area contributed by atoms with Gasteiger partial charge in [-0.05, 0) is 37.6 Å². The second-order valence-electron chi connectivity index (χ2n) is 4.96. The van der Waals surface area contributed by atoms with E-state index in [9.17, 15) is 17.2 Å². The zero-order valence-corrected chi connectivity index (χ0v) is 12.6. The Kier molecular flexibility index (Phi) is 4.66. The summed E-state index contributed by atoms with van der Waals surface area (Å²) in [5.41, 5.74) is 0.281. The Balaban J connectivity index is 2.45. The maximum Gasteiger partial charge on any atom is 0.160 e. The van der Waals surface area contributed by atoms with E-state index in [0.717, 1.165) is 18.6 Å². The van der Waals surface area contributed by atoms with Gasteiger partial charge in [-0.1, -0.05) is 18.0 Å².